The highest BCUT2D eigenvalue weighted by atomic mass is 16.5. The van der Waals surface area contributed by atoms with Crippen molar-refractivity contribution in [2.24, 2.45) is 0 Å². The first-order chi connectivity index (χ1) is 6.92. The van der Waals surface area contributed by atoms with E-state index >= 15 is 0 Å². The summed E-state index contributed by atoms with van der Waals surface area (Å²) in [5.41, 5.74) is 1.36. The number of benzene rings is 1. The van der Waals surface area contributed by atoms with Gasteiger partial charge in [0, 0.05) is 5.92 Å². The van der Waals surface area contributed by atoms with Crippen molar-refractivity contribution in [3.63, 3.8) is 0 Å². The van der Waals surface area contributed by atoms with Gasteiger partial charge >= 0.3 is 0 Å². The number of ether oxygens (including phenoxy) is 1. The van der Waals surface area contributed by atoms with Crippen LogP contribution in [0.25, 0.3) is 0 Å². The molecule has 1 heteroatoms. The summed E-state index contributed by atoms with van der Waals surface area (Å²) in [6, 6.07) is 10.6. The molecule has 0 aromatic heterocycles. The predicted molar refractivity (Wildman–Crippen MR) is 58.1 cm³/mol. The summed E-state index contributed by atoms with van der Waals surface area (Å²) >= 11 is 0. The van der Waals surface area contributed by atoms with Gasteiger partial charge in [0.15, 0.2) is 0 Å². The first-order valence-corrected chi connectivity index (χ1v) is 5.29. The van der Waals surface area contributed by atoms with Crippen molar-refractivity contribution in [1.82, 2.24) is 0 Å². The van der Waals surface area contributed by atoms with Gasteiger partial charge in [-0.15, -0.1) is 0 Å². The first kappa shape index (κ1) is 9.32. The van der Waals surface area contributed by atoms with Crippen molar-refractivity contribution < 1.29 is 4.74 Å². The molecular formula is C13H16O. The third kappa shape index (κ3) is 1.82. The number of hydrogen-bond donors (Lipinski definition) is 0. The Hall–Kier alpha value is -1.24. The van der Waals surface area contributed by atoms with E-state index in [1.165, 1.54) is 12.0 Å². The average Bonchev–Trinajstić information content (AvgIpc) is 2.68. The molecule has 1 aliphatic rings. The normalized spacial score (nSPS) is 24.9. The van der Waals surface area contributed by atoms with Gasteiger partial charge in [0.1, 0.15) is 6.10 Å². The van der Waals surface area contributed by atoms with Crippen molar-refractivity contribution in [3.05, 3.63) is 48.2 Å². The van der Waals surface area contributed by atoms with Gasteiger partial charge < -0.3 is 4.74 Å². The Labute approximate surface area is 85.4 Å². The Morgan fingerprint density at radius 3 is 2.71 bits per heavy atom. The minimum Gasteiger partial charge on any atom is -0.497 e. The molecule has 0 amide bonds. The van der Waals surface area contributed by atoms with Crippen molar-refractivity contribution in [2.45, 2.75) is 31.8 Å². The quantitative estimate of drug-likeness (QED) is 0.705. The van der Waals surface area contributed by atoms with Crippen LogP contribution in [0.5, 0.6) is 0 Å². The van der Waals surface area contributed by atoms with Gasteiger partial charge in [-0.25, -0.2) is 0 Å². The van der Waals surface area contributed by atoms with Crippen LogP contribution in [0.4, 0.5) is 0 Å². The predicted octanol–water partition coefficient (Wildman–Crippen LogP) is 3.48. The van der Waals surface area contributed by atoms with Gasteiger partial charge in [0.05, 0.1) is 6.26 Å². The summed E-state index contributed by atoms with van der Waals surface area (Å²) in [6.45, 7) is 2.20. The highest BCUT2D eigenvalue weighted by Gasteiger charge is 2.24. The zero-order valence-corrected chi connectivity index (χ0v) is 8.52. The largest absolute Gasteiger partial charge is 0.497 e. The number of rotatable bonds is 3. The maximum atomic E-state index is 5.58. The lowest BCUT2D eigenvalue weighted by Gasteiger charge is -2.18. The van der Waals surface area contributed by atoms with Crippen LogP contribution < -0.4 is 0 Å². The second-order valence-corrected chi connectivity index (χ2v) is 3.73. The van der Waals surface area contributed by atoms with E-state index in [2.05, 4.69) is 43.3 Å². The fourth-order valence-electron chi connectivity index (χ4n) is 1.97. The molecule has 2 rings (SSSR count). The second kappa shape index (κ2) is 4.32. The minimum absolute atomic E-state index is 0.349. The van der Waals surface area contributed by atoms with Crippen LogP contribution in [0.15, 0.2) is 42.7 Å². The second-order valence-electron chi connectivity index (χ2n) is 3.73. The lowest BCUT2D eigenvalue weighted by Crippen LogP contribution is -2.14. The summed E-state index contributed by atoms with van der Waals surface area (Å²) in [5.74, 6) is 0.455. The van der Waals surface area contributed by atoms with E-state index in [0.29, 0.717) is 12.0 Å². The lowest BCUT2D eigenvalue weighted by atomic mass is 9.92. The summed E-state index contributed by atoms with van der Waals surface area (Å²) in [7, 11) is 0. The molecule has 1 aromatic carbocycles. The Morgan fingerprint density at radius 2 is 2.00 bits per heavy atom. The summed E-state index contributed by atoms with van der Waals surface area (Å²) in [6.07, 6.45) is 6.66. The van der Waals surface area contributed by atoms with Crippen LogP contribution in [-0.4, -0.2) is 6.10 Å². The van der Waals surface area contributed by atoms with Crippen LogP contribution in [0, 0.1) is 0 Å². The molecular weight excluding hydrogens is 172 g/mol. The standard InChI is InChI=1S/C13H16O/c1-2-6-13-12(9-10-14-13)11-7-4-3-5-8-11/h3-5,7-10,12-13H,2,6H2,1H3. The van der Waals surface area contributed by atoms with E-state index in [9.17, 15) is 0 Å². The highest BCUT2D eigenvalue weighted by Crippen LogP contribution is 2.30. The van der Waals surface area contributed by atoms with Crippen LogP contribution in [0.2, 0.25) is 0 Å². The van der Waals surface area contributed by atoms with Gasteiger partial charge in [0.2, 0.25) is 0 Å². The van der Waals surface area contributed by atoms with Gasteiger partial charge in [-0.05, 0) is 18.1 Å². The molecule has 0 N–H and O–H groups in total. The molecule has 1 aliphatic heterocycles. The molecule has 0 saturated carbocycles. The molecule has 2 unspecified atom stereocenters. The summed E-state index contributed by atoms with van der Waals surface area (Å²) < 4.78 is 5.58. The smallest absolute Gasteiger partial charge is 0.108 e. The molecule has 0 bridgehead atoms. The molecule has 1 nitrogen and oxygen atoms in total. The van der Waals surface area contributed by atoms with Crippen LogP contribution in [-0.2, 0) is 4.74 Å². The Balaban J connectivity index is 2.13. The first-order valence-electron chi connectivity index (χ1n) is 5.29. The zero-order chi connectivity index (χ0) is 9.80. The Kier molecular flexibility index (Phi) is 2.87. The summed E-state index contributed by atoms with van der Waals surface area (Å²) in [4.78, 5) is 0. The molecule has 0 fully saturated rings. The van der Waals surface area contributed by atoms with E-state index < -0.39 is 0 Å². The molecule has 2 atom stereocenters. The maximum absolute atomic E-state index is 5.58. The van der Waals surface area contributed by atoms with Crippen molar-refractivity contribution in [3.8, 4) is 0 Å². The fourth-order valence-corrected chi connectivity index (χ4v) is 1.97. The molecule has 0 spiro atoms. The SMILES string of the molecule is CCCC1OC=CC1c1ccccc1. The molecule has 0 saturated heterocycles. The van der Waals surface area contributed by atoms with Gasteiger partial charge in [0.25, 0.3) is 0 Å². The van der Waals surface area contributed by atoms with Crippen molar-refractivity contribution >= 4 is 0 Å². The van der Waals surface area contributed by atoms with E-state index in [1.807, 2.05) is 6.26 Å². The van der Waals surface area contributed by atoms with Gasteiger partial charge in [-0.1, -0.05) is 43.7 Å². The number of hydrogen-bond acceptors (Lipinski definition) is 1. The Bertz CT molecular complexity index is 302. The topological polar surface area (TPSA) is 9.23 Å². The highest BCUT2D eigenvalue weighted by molar-refractivity contribution is 5.26. The van der Waals surface area contributed by atoms with Crippen molar-refractivity contribution in [1.29, 1.82) is 0 Å². The van der Waals surface area contributed by atoms with Crippen molar-refractivity contribution in [2.75, 3.05) is 0 Å². The molecule has 0 aliphatic carbocycles. The minimum atomic E-state index is 0.349. The molecule has 1 heterocycles. The van der Waals surface area contributed by atoms with Crippen LogP contribution in [0.1, 0.15) is 31.2 Å². The Morgan fingerprint density at radius 1 is 1.21 bits per heavy atom. The maximum Gasteiger partial charge on any atom is 0.108 e. The molecule has 0 radical (unpaired) electrons. The summed E-state index contributed by atoms with van der Waals surface area (Å²) in [5, 5.41) is 0. The lowest BCUT2D eigenvalue weighted by molar-refractivity contribution is 0.146. The third-order valence-corrected chi connectivity index (χ3v) is 2.70. The van der Waals surface area contributed by atoms with Crippen LogP contribution in [0.3, 0.4) is 0 Å². The molecule has 74 valence electrons. The monoisotopic (exact) mass is 188 g/mol. The molecule has 1 aromatic rings. The van der Waals surface area contributed by atoms with Gasteiger partial charge in [-0.2, -0.15) is 0 Å². The molecule has 14 heavy (non-hydrogen) atoms. The van der Waals surface area contributed by atoms with E-state index in [1.54, 1.807) is 0 Å². The average molecular weight is 188 g/mol. The van der Waals surface area contributed by atoms with E-state index in [-0.39, 0.29) is 0 Å². The van der Waals surface area contributed by atoms with Gasteiger partial charge in [-0.3, -0.25) is 0 Å². The third-order valence-electron chi connectivity index (χ3n) is 2.70. The fraction of sp³-hybridized carbons (Fsp3) is 0.385. The van der Waals surface area contributed by atoms with E-state index in [4.69, 9.17) is 4.74 Å². The zero-order valence-electron chi connectivity index (χ0n) is 8.52. The van der Waals surface area contributed by atoms with E-state index in [0.717, 1.165) is 6.42 Å². The van der Waals surface area contributed by atoms with Crippen LogP contribution >= 0.6 is 0 Å².